The van der Waals surface area contributed by atoms with Crippen molar-refractivity contribution in [2.45, 2.75) is 183 Å². The minimum atomic E-state index is -1.64. The Bertz CT molecular complexity index is 2960. The van der Waals surface area contributed by atoms with Crippen molar-refractivity contribution in [3.63, 3.8) is 0 Å². The van der Waals surface area contributed by atoms with Crippen molar-refractivity contribution < 1.29 is 62.3 Å². The van der Waals surface area contributed by atoms with Crippen LogP contribution in [0.25, 0.3) is 0 Å². The highest BCUT2D eigenvalue weighted by Gasteiger charge is 2.42. The molecule has 2 heterocycles. The number of aliphatic imine (C=N–C) groups is 1. The molecule has 2 aliphatic rings. The van der Waals surface area contributed by atoms with E-state index in [-0.39, 0.29) is 83.0 Å². The fourth-order valence-electron chi connectivity index (χ4n) is 11.0. The maximum absolute atomic E-state index is 14.7. The standard InChI is InChI=1S/C63H98N18O13S/c1-37(2)33-45(57(89)74-41(53(68)85)27-32-95-3)73-52(84)36-72-54(86)46(34-38-15-6-4-7-16-38)78-58(90)47(35-39-17-8-5-9-18-39)79-56(88)42(23-25-50(66)82)75-55(87)43(24-26-51(67)83)76-59(91)49-22-14-31-81(49)62(94)44(20-10-11-28-64)77-60(92)48-21-13-30-80(48)61(93)40(65)19-12-29-71-63(69)70/h4-9,15-18,37,40-49H,10-14,19-36,64-65H2,1-3H3,(H2,66,82)(H2,67,83)(H2,68,85)(H,72,86)(H,73,84)(H,74,89)(H,75,87)(H,76,91)(H,77,92)(H,78,90)(H,79,88)(H4,69,70,71)/t40-,41+,42-,43+,44+,45-,46-,47-,48+,49-/m1/s1. The number of primary amides is 3. The Labute approximate surface area is 558 Å². The molecule has 2 aliphatic heterocycles. The Hall–Kier alpha value is -8.91. The Morgan fingerprint density at radius 2 is 1.01 bits per heavy atom. The van der Waals surface area contributed by atoms with E-state index in [0.29, 0.717) is 55.4 Å². The Morgan fingerprint density at radius 3 is 1.51 bits per heavy atom. The van der Waals surface area contributed by atoms with Crippen molar-refractivity contribution in [3.05, 3.63) is 71.8 Å². The summed E-state index contributed by atoms with van der Waals surface area (Å²) in [7, 11) is 0. The first kappa shape index (κ1) is 78.5. The summed E-state index contributed by atoms with van der Waals surface area (Å²) >= 11 is 1.45. The highest BCUT2D eigenvalue weighted by atomic mass is 32.2. The number of guanidine groups is 1. The SMILES string of the molecule is CSCC[C@H](NC(=O)[C@@H](CC(C)C)NC(=O)CNC(=O)[C@@H](Cc1ccccc1)NC(=O)[C@@H](Cc1ccccc1)NC(=O)[C@@H](CCC(N)=O)NC(=O)[C@H](CCC(N)=O)NC(=O)[C@H]1CCCN1C(=O)[C@H](CCCCN)NC(=O)[C@@H]1CCCN1C(=O)[C@H](N)CCCN=C(N)N)C(N)=O. The molecule has 13 amide bonds. The molecule has 0 aliphatic carbocycles. The smallest absolute Gasteiger partial charge is 0.245 e. The molecule has 32 heteroatoms. The van der Waals surface area contributed by atoms with E-state index in [2.05, 4.69) is 47.5 Å². The normalized spacial score (nSPS) is 16.8. The number of nitrogens with zero attached hydrogens (tertiary/aromatic N) is 3. The van der Waals surface area contributed by atoms with Crippen molar-refractivity contribution in [1.82, 2.24) is 52.3 Å². The fraction of sp³-hybridized carbons (Fsp3) is 0.587. The zero-order chi connectivity index (χ0) is 70.1. The van der Waals surface area contributed by atoms with E-state index in [1.165, 1.54) is 21.6 Å². The Morgan fingerprint density at radius 1 is 0.537 bits per heavy atom. The summed E-state index contributed by atoms with van der Waals surface area (Å²) in [6.07, 6.45) is 3.12. The minimum absolute atomic E-state index is 0.0736. The van der Waals surface area contributed by atoms with Gasteiger partial charge in [0, 0.05) is 45.3 Å². The van der Waals surface area contributed by atoms with E-state index in [9.17, 15) is 62.3 Å². The summed E-state index contributed by atoms with van der Waals surface area (Å²) in [5.41, 5.74) is 40.6. The van der Waals surface area contributed by atoms with Gasteiger partial charge in [-0.1, -0.05) is 74.5 Å². The number of thioether (sulfide) groups is 1. The van der Waals surface area contributed by atoms with Gasteiger partial charge in [0.05, 0.1) is 12.6 Å². The van der Waals surface area contributed by atoms with Crippen LogP contribution in [-0.4, -0.2) is 198 Å². The topological polar surface area (TPSA) is 519 Å². The third kappa shape index (κ3) is 27.5. The molecule has 0 radical (unpaired) electrons. The molecule has 2 aromatic rings. The number of nitrogens with one attached hydrogen (secondary N) is 8. The molecule has 0 aromatic heterocycles. The third-order valence-electron chi connectivity index (χ3n) is 16.0. The maximum atomic E-state index is 14.7. The van der Waals surface area contributed by atoms with Gasteiger partial charge in [-0.05, 0) is 119 Å². The fourth-order valence-corrected chi connectivity index (χ4v) is 11.5. The first-order chi connectivity index (χ1) is 45.2. The first-order valence-electron chi connectivity index (χ1n) is 32.2. The third-order valence-corrected chi connectivity index (χ3v) is 16.7. The second kappa shape index (κ2) is 41.0. The highest BCUT2D eigenvalue weighted by molar-refractivity contribution is 7.98. The molecule has 10 atom stereocenters. The van der Waals surface area contributed by atoms with Crippen molar-refractivity contribution in [2.75, 3.05) is 44.7 Å². The van der Waals surface area contributed by atoms with E-state index >= 15 is 0 Å². The number of amides is 13. The van der Waals surface area contributed by atoms with Crippen molar-refractivity contribution in [3.8, 4) is 0 Å². The second-order valence-electron chi connectivity index (χ2n) is 24.1. The number of likely N-dealkylation sites (tertiary alicyclic amines) is 2. The lowest BCUT2D eigenvalue weighted by molar-refractivity contribution is -0.144. The van der Waals surface area contributed by atoms with E-state index in [4.69, 9.17) is 40.1 Å². The molecule has 0 spiro atoms. The minimum Gasteiger partial charge on any atom is -0.370 e. The number of hydrogen-bond acceptors (Lipinski definition) is 17. The van der Waals surface area contributed by atoms with Crippen LogP contribution in [-0.2, 0) is 75.2 Å². The maximum Gasteiger partial charge on any atom is 0.245 e. The first-order valence-corrected chi connectivity index (χ1v) is 33.6. The van der Waals surface area contributed by atoms with Gasteiger partial charge in [0.1, 0.15) is 54.4 Å². The summed E-state index contributed by atoms with van der Waals surface area (Å²) in [6.45, 7) is 3.86. The molecular weight excluding hydrogens is 1250 g/mol. The van der Waals surface area contributed by atoms with E-state index in [1.807, 2.05) is 20.1 Å². The largest absolute Gasteiger partial charge is 0.370 e. The molecule has 2 fully saturated rings. The van der Waals surface area contributed by atoms with Gasteiger partial charge in [-0.15, -0.1) is 0 Å². The van der Waals surface area contributed by atoms with Gasteiger partial charge >= 0.3 is 0 Å². The lowest BCUT2D eigenvalue weighted by Gasteiger charge is -2.32. The number of benzene rings is 2. The zero-order valence-corrected chi connectivity index (χ0v) is 55.3. The molecular formula is C63H98N18O13S. The Kier molecular flexibility index (Phi) is 33.9. The van der Waals surface area contributed by atoms with Crippen molar-refractivity contribution in [1.29, 1.82) is 0 Å². The van der Waals surface area contributed by atoms with E-state index in [0.717, 1.165) is 0 Å². The van der Waals surface area contributed by atoms with Crippen LogP contribution in [0.4, 0.5) is 0 Å². The number of carbonyl (C=O) groups is 13. The monoisotopic (exact) mass is 1350 g/mol. The van der Waals surface area contributed by atoms with Crippen LogP contribution in [0, 0.1) is 5.92 Å². The molecule has 0 bridgehead atoms. The van der Waals surface area contributed by atoms with Gasteiger partial charge in [-0.3, -0.25) is 67.3 Å². The number of hydrogen-bond donors (Lipinski definition) is 15. The molecule has 22 N–H and O–H groups in total. The van der Waals surface area contributed by atoms with Gasteiger partial charge in [0.25, 0.3) is 0 Å². The number of carbonyl (C=O) groups excluding carboxylic acids is 13. The molecule has 31 nitrogen and oxygen atoms in total. The lowest BCUT2D eigenvalue weighted by Crippen LogP contribution is -2.60. The highest BCUT2D eigenvalue weighted by Crippen LogP contribution is 2.24. The number of rotatable bonds is 42. The van der Waals surface area contributed by atoms with Crippen LogP contribution in [0.3, 0.4) is 0 Å². The predicted molar refractivity (Wildman–Crippen MR) is 356 cm³/mol. The van der Waals surface area contributed by atoms with Crippen LogP contribution in [0.5, 0.6) is 0 Å². The van der Waals surface area contributed by atoms with Crippen molar-refractivity contribution >= 4 is 94.5 Å². The van der Waals surface area contributed by atoms with Crippen LogP contribution in [0.2, 0.25) is 0 Å². The molecule has 95 heavy (non-hydrogen) atoms. The molecule has 0 unspecified atom stereocenters. The molecule has 524 valence electrons. The summed E-state index contributed by atoms with van der Waals surface area (Å²) in [5.74, 6) is -9.80. The average molecular weight is 1350 g/mol. The predicted octanol–water partition coefficient (Wildman–Crippen LogP) is -3.71. The van der Waals surface area contributed by atoms with Crippen LogP contribution >= 0.6 is 11.8 Å². The molecule has 2 aromatic carbocycles. The van der Waals surface area contributed by atoms with Crippen LogP contribution in [0.1, 0.15) is 121 Å². The quantitative estimate of drug-likeness (QED) is 0.0173. The molecule has 2 saturated heterocycles. The number of unbranched alkanes of at least 4 members (excludes halogenated alkanes) is 1. The molecule has 0 saturated carbocycles. The van der Waals surface area contributed by atoms with Crippen molar-refractivity contribution in [2.24, 2.45) is 51.0 Å². The van der Waals surface area contributed by atoms with Gasteiger partial charge in [0.15, 0.2) is 5.96 Å². The summed E-state index contributed by atoms with van der Waals surface area (Å²) in [4.78, 5) is 185. The summed E-state index contributed by atoms with van der Waals surface area (Å²) in [5, 5.41) is 21.1. The van der Waals surface area contributed by atoms with Gasteiger partial charge in [-0.2, -0.15) is 11.8 Å². The second-order valence-corrected chi connectivity index (χ2v) is 25.1. The van der Waals surface area contributed by atoms with Gasteiger partial charge in [0.2, 0.25) is 76.8 Å². The number of nitrogens with two attached hydrogens (primary N) is 7. The van der Waals surface area contributed by atoms with Gasteiger partial charge in [-0.25, -0.2) is 0 Å². The Balaban J connectivity index is 1.56. The van der Waals surface area contributed by atoms with Crippen LogP contribution in [0.15, 0.2) is 65.7 Å². The average Bonchev–Trinajstić information content (AvgIpc) is 1.74. The van der Waals surface area contributed by atoms with E-state index in [1.54, 1.807) is 60.7 Å². The van der Waals surface area contributed by atoms with Crippen LogP contribution < -0.4 is 82.7 Å². The lowest BCUT2D eigenvalue weighted by atomic mass is 10.0. The summed E-state index contributed by atoms with van der Waals surface area (Å²) in [6, 6.07) is 4.51. The van der Waals surface area contributed by atoms with Gasteiger partial charge < -0.3 is 92.5 Å². The zero-order valence-electron chi connectivity index (χ0n) is 54.5. The molecule has 4 rings (SSSR count). The summed E-state index contributed by atoms with van der Waals surface area (Å²) < 4.78 is 0. The van der Waals surface area contributed by atoms with E-state index < -0.39 is 169 Å².